The van der Waals surface area contributed by atoms with Gasteiger partial charge in [0.05, 0.1) is 12.0 Å². The maximum atomic E-state index is 14.9. The molecule has 0 aliphatic heterocycles. The van der Waals surface area contributed by atoms with E-state index in [9.17, 15) is 9.65 Å². The van der Waals surface area contributed by atoms with E-state index in [1.165, 1.54) is 6.07 Å². The van der Waals surface area contributed by atoms with Gasteiger partial charge in [0.15, 0.2) is 17.3 Å². The number of halogens is 2. The van der Waals surface area contributed by atoms with Crippen LogP contribution in [0.4, 0.5) is 10.2 Å². The molecule has 0 bridgehead atoms. The predicted octanol–water partition coefficient (Wildman–Crippen LogP) is 4.21. The molecular weight excluding hydrogens is 468 g/mol. The topological polar surface area (TPSA) is 83.0 Å². The summed E-state index contributed by atoms with van der Waals surface area (Å²) in [5.74, 6) is 0.540. The Labute approximate surface area is 182 Å². The second-order valence-corrected chi connectivity index (χ2v) is 8.27. The van der Waals surface area contributed by atoms with Gasteiger partial charge in [-0.15, -0.1) is 5.10 Å². The quantitative estimate of drug-likeness (QED) is 0.395. The lowest BCUT2D eigenvalue weighted by Gasteiger charge is -2.18. The van der Waals surface area contributed by atoms with Crippen molar-refractivity contribution in [3.05, 3.63) is 70.1 Å². The van der Waals surface area contributed by atoms with Crippen LogP contribution in [0.1, 0.15) is 17.1 Å². The average molecular weight is 484 g/mol. The number of benzene rings is 1. The summed E-state index contributed by atoms with van der Waals surface area (Å²) in [6, 6.07) is 12.2. The minimum Gasteiger partial charge on any atom is -0.339 e. The second kappa shape index (κ2) is 8.42. The summed E-state index contributed by atoms with van der Waals surface area (Å²) in [6.07, 6.45) is 2.18. The Hall–Kier alpha value is -2.95. The Bertz CT molecular complexity index is 1270. The molecule has 0 amide bonds. The SMILES string of the molecule is CPN(C)c1nc(-c2cccc(C#N)c2F)c(Br)n2nc(Cc3ccccn3)nc12. The van der Waals surface area contributed by atoms with E-state index in [4.69, 9.17) is 4.98 Å². The van der Waals surface area contributed by atoms with Gasteiger partial charge in [0.2, 0.25) is 0 Å². The molecule has 4 rings (SSSR count). The van der Waals surface area contributed by atoms with Crippen LogP contribution in [0.2, 0.25) is 0 Å². The highest BCUT2D eigenvalue weighted by Crippen LogP contribution is 2.35. The molecule has 10 heteroatoms. The minimum absolute atomic E-state index is 0.0389. The Morgan fingerprint density at radius 2 is 2.07 bits per heavy atom. The van der Waals surface area contributed by atoms with Crippen molar-refractivity contribution in [1.82, 2.24) is 24.6 Å². The largest absolute Gasteiger partial charge is 0.339 e. The Morgan fingerprint density at radius 1 is 1.23 bits per heavy atom. The standard InChI is InChI=1S/C20H16BrFN7P/c1-28(30-2)19-20-25-15(10-13-7-3-4-9-24-13)27-29(20)18(21)17(26-19)14-8-5-6-12(11-23)16(14)22/h3-9,30H,10H2,1-2H3. The van der Waals surface area contributed by atoms with Crippen LogP contribution in [0.25, 0.3) is 16.9 Å². The van der Waals surface area contributed by atoms with E-state index in [0.29, 0.717) is 42.7 Å². The number of hydrogen-bond acceptors (Lipinski definition) is 6. The summed E-state index contributed by atoms with van der Waals surface area (Å²) >= 11 is 3.52. The van der Waals surface area contributed by atoms with Crippen LogP contribution in [0, 0.1) is 17.1 Å². The number of hydrogen-bond donors (Lipinski definition) is 0. The molecular formula is C20H16BrFN7P. The van der Waals surface area contributed by atoms with E-state index in [0.717, 1.165) is 5.69 Å². The van der Waals surface area contributed by atoms with Crippen LogP contribution in [0.3, 0.4) is 0 Å². The summed E-state index contributed by atoms with van der Waals surface area (Å²) in [5, 5.41) is 13.8. The molecule has 0 fully saturated rings. The van der Waals surface area contributed by atoms with Gasteiger partial charge in [-0.3, -0.25) is 4.98 Å². The van der Waals surface area contributed by atoms with Gasteiger partial charge < -0.3 is 4.67 Å². The van der Waals surface area contributed by atoms with Gasteiger partial charge in [0, 0.05) is 24.5 Å². The molecule has 0 saturated heterocycles. The van der Waals surface area contributed by atoms with Gasteiger partial charge in [-0.2, -0.15) is 5.26 Å². The van der Waals surface area contributed by atoms with E-state index in [1.807, 2.05) is 42.7 Å². The minimum atomic E-state index is -0.617. The van der Waals surface area contributed by atoms with Crippen LogP contribution < -0.4 is 4.67 Å². The first-order valence-corrected chi connectivity index (χ1v) is 11.2. The van der Waals surface area contributed by atoms with E-state index < -0.39 is 5.82 Å². The lowest BCUT2D eigenvalue weighted by molar-refractivity contribution is 0.626. The van der Waals surface area contributed by atoms with Crippen molar-refractivity contribution in [3.63, 3.8) is 0 Å². The number of anilines is 1. The summed E-state index contributed by atoms with van der Waals surface area (Å²) in [5.41, 5.74) is 1.94. The lowest BCUT2D eigenvalue weighted by Crippen LogP contribution is -2.10. The van der Waals surface area contributed by atoms with Crippen LogP contribution in [0.15, 0.2) is 47.2 Å². The number of nitrogens with zero attached hydrogens (tertiary/aromatic N) is 7. The zero-order chi connectivity index (χ0) is 21.3. The van der Waals surface area contributed by atoms with E-state index >= 15 is 0 Å². The fraction of sp³-hybridized carbons (Fsp3) is 0.150. The Morgan fingerprint density at radius 3 is 2.77 bits per heavy atom. The normalized spacial score (nSPS) is 11.3. The van der Waals surface area contributed by atoms with Crippen molar-refractivity contribution < 1.29 is 4.39 Å². The number of pyridine rings is 1. The van der Waals surface area contributed by atoms with Crippen molar-refractivity contribution in [1.29, 1.82) is 5.26 Å². The third-order valence-corrected chi connectivity index (χ3v) is 6.14. The highest BCUT2D eigenvalue weighted by atomic mass is 79.9. The molecule has 3 heterocycles. The van der Waals surface area contributed by atoms with Gasteiger partial charge >= 0.3 is 0 Å². The van der Waals surface area contributed by atoms with Gasteiger partial charge in [0.25, 0.3) is 0 Å². The molecule has 1 aromatic carbocycles. The molecule has 1 atom stereocenters. The Balaban J connectivity index is 1.93. The fourth-order valence-electron chi connectivity index (χ4n) is 2.98. The van der Waals surface area contributed by atoms with Crippen molar-refractivity contribution in [2.75, 3.05) is 18.4 Å². The third kappa shape index (κ3) is 3.64. The molecule has 0 saturated carbocycles. The number of fused-ring (bicyclic) bond motifs is 1. The van der Waals surface area contributed by atoms with Crippen LogP contribution in [0.5, 0.6) is 0 Å². The van der Waals surface area contributed by atoms with Crippen LogP contribution >= 0.6 is 24.7 Å². The highest BCUT2D eigenvalue weighted by molar-refractivity contribution is 9.10. The van der Waals surface area contributed by atoms with Crippen LogP contribution in [-0.4, -0.2) is 38.3 Å². The fourth-order valence-corrected chi connectivity index (χ4v) is 3.89. The maximum Gasteiger partial charge on any atom is 0.200 e. The summed E-state index contributed by atoms with van der Waals surface area (Å²) in [6.45, 7) is 2.02. The molecule has 150 valence electrons. The summed E-state index contributed by atoms with van der Waals surface area (Å²) in [7, 11) is 2.31. The first-order valence-electron chi connectivity index (χ1n) is 8.98. The number of aromatic nitrogens is 5. The average Bonchev–Trinajstić information content (AvgIpc) is 3.19. The van der Waals surface area contributed by atoms with Crippen molar-refractivity contribution in [2.24, 2.45) is 0 Å². The smallest absolute Gasteiger partial charge is 0.200 e. The van der Waals surface area contributed by atoms with E-state index in [-0.39, 0.29) is 11.1 Å². The summed E-state index contributed by atoms with van der Waals surface area (Å²) in [4.78, 5) is 13.7. The van der Waals surface area contributed by atoms with E-state index in [2.05, 4.69) is 31.0 Å². The molecule has 1 unspecified atom stereocenters. The van der Waals surface area contributed by atoms with Crippen LogP contribution in [-0.2, 0) is 6.42 Å². The molecule has 4 aromatic rings. The molecule has 0 aliphatic rings. The predicted molar refractivity (Wildman–Crippen MR) is 118 cm³/mol. The number of rotatable bonds is 5. The van der Waals surface area contributed by atoms with Crippen molar-refractivity contribution in [2.45, 2.75) is 6.42 Å². The van der Waals surface area contributed by atoms with E-state index in [1.54, 1.807) is 22.8 Å². The second-order valence-electron chi connectivity index (χ2n) is 6.40. The lowest BCUT2D eigenvalue weighted by atomic mass is 10.1. The van der Waals surface area contributed by atoms with Gasteiger partial charge in [-0.25, -0.2) is 18.9 Å². The first-order chi connectivity index (χ1) is 14.5. The molecule has 30 heavy (non-hydrogen) atoms. The zero-order valence-corrected chi connectivity index (χ0v) is 18.7. The third-order valence-electron chi connectivity index (χ3n) is 4.54. The molecule has 3 aromatic heterocycles. The maximum absolute atomic E-state index is 14.9. The monoisotopic (exact) mass is 483 g/mol. The highest BCUT2D eigenvalue weighted by Gasteiger charge is 2.22. The number of nitriles is 1. The molecule has 0 N–H and O–H groups in total. The molecule has 0 spiro atoms. The first kappa shape index (κ1) is 20.3. The van der Waals surface area contributed by atoms with Gasteiger partial charge in [0.1, 0.15) is 22.2 Å². The molecule has 7 nitrogen and oxygen atoms in total. The summed E-state index contributed by atoms with van der Waals surface area (Å²) < 4.78 is 18.9. The Kier molecular flexibility index (Phi) is 5.71. The zero-order valence-electron chi connectivity index (χ0n) is 16.1. The van der Waals surface area contributed by atoms with Gasteiger partial charge in [-0.05, 0) is 55.6 Å². The van der Waals surface area contributed by atoms with Crippen molar-refractivity contribution >= 4 is 36.1 Å². The molecule has 0 radical (unpaired) electrons. The van der Waals surface area contributed by atoms with Gasteiger partial charge in [-0.1, -0.05) is 12.1 Å². The molecule has 0 aliphatic carbocycles. The van der Waals surface area contributed by atoms with Crippen molar-refractivity contribution in [3.8, 4) is 17.3 Å².